The predicted molar refractivity (Wildman–Crippen MR) is 124 cm³/mol. The summed E-state index contributed by atoms with van der Waals surface area (Å²) < 4.78 is 26.6. The summed E-state index contributed by atoms with van der Waals surface area (Å²) in [6.45, 7) is 5.45. The molecule has 0 heterocycles. The third-order valence-corrected chi connectivity index (χ3v) is 5.36. The molecule has 0 atom stereocenters. The first-order valence-corrected chi connectivity index (χ1v) is 10.8. The summed E-state index contributed by atoms with van der Waals surface area (Å²) in [6, 6.07) is 19.2. The van der Waals surface area contributed by atoms with Gasteiger partial charge in [-0.25, -0.2) is 4.39 Å². The quantitative estimate of drug-likeness (QED) is 0.333. The van der Waals surface area contributed by atoms with Crippen LogP contribution in [0.4, 0.5) is 10.1 Å². The Balaban J connectivity index is 1.73. The molecular weight excluding hydrogens is 480 g/mol. The van der Waals surface area contributed by atoms with E-state index in [0.717, 1.165) is 21.2 Å². The monoisotopic (exact) mass is 505 g/mol. The third kappa shape index (κ3) is 5.85. The average molecular weight is 505 g/mol. The van der Waals surface area contributed by atoms with Crippen LogP contribution in [0.5, 0.6) is 11.5 Å². The topological polar surface area (TPSA) is 30.5 Å². The maximum atomic E-state index is 13.9. The smallest absolute Gasteiger partial charge is 0.174 e. The van der Waals surface area contributed by atoms with E-state index < -0.39 is 0 Å². The molecule has 0 aliphatic carbocycles. The number of hydrogen-bond acceptors (Lipinski definition) is 3. The van der Waals surface area contributed by atoms with Crippen LogP contribution in [0.1, 0.15) is 30.5 Å². The summed E-state index contributed by atoms with van der Waals surface area (Å²) in [5.74, 6) is 1.05. The van der Waals surface area contributed by atoms with Gasteiger partial charge < -0.3 is 14.8 Å². The lowest BCUT2D eigenvalue weighted by molar-refractivity contribution is 0.264. The zero-order chi connectivity index (χ0) is 20.6. The normalized spacial score (nSPS) is 10.6. The van der Waals surface area contributed by atoms with E-state index in [9.17, 15) is 4.39 Å². The minimum Gasteiger partial charge on any atom is -0.490 e. The van der Waals surface area contributed by atoms with E-state index in [4.69, 9.17) is 9.47 Å². The van der Waals surface area contributed by atoms with E-state index in [0.29, 0.717) is 30.2 Å². The van der Waals surface area contributed by atoms with Crippen molar-refractivity contribution in [2.75, 3.05) is 11.9 Å². The first-order chi connectivity index (χ1) is 14.1. The predicted octanol–water partition coefficient (Wildman–Crippen LogP) is 6.58. The molecule has 0 saturated heterocycles. The Morgan fingerprint density at radius 2 is 1.69 bits per heavy atom. The highest BCUT2D eigenvalue weighted by molar-refractivity contribution is 14.1. The van der Waals surface area contributed by atoms with Crippen LogP contribution in [-0.2, 0) is 19.6 Å². The summed E-state index contributed by atoms with van der Waals surface area (Å²) in [7, 11) is 0. The Morgan fingerprint density at radius 1 is 0.931 bits per heavy atom. The number of hydrogen-bond donors (Lipinski definition) is 1. The zero-order valence-electron chi connectivity index (χ0n) is 16.7. The lowest BCUT2D eigenvalue weighted by Crippen LogP contribution is -2.05. The van der Waals surface area contributed by atoms with Crippen LogP contribution < -0.4 is 14.8 Å². The van der Waals surface area contributed by atoms with Crippen molar-refractivity contribution >= 4 is 28.3 Å². The van der Waals surface area contributed by atoms with Crippen LogP contribution in [0.3, 0.4) is 0 Å². The van der Waals surface area contributed by atoms with Gasteiger partial charge in [0.25, 0.3) is 0 Å². The number of anilines is 1. The molecule has 1 N–H and O–H groups in total. The molecule has 0 fully saturated rings. The minimum absolute atomic E-state index is 0.157. The minimum atomic E-state index is -0.268. The lowest BCUT2D eigenvalue weighted by atomic mass is 10.1. The molecule has 3 rings (SSSR count). The highest BCUT2D eigenvalue weighted by atomic mass is 127. The molecule has 5 heteroatoms. The first-order valence-electron chi connectivity index (χ1n) is 9.75. The van der Waals surface area contributed by atoms with Gasteiger partial charge in [-0.15, -0.1) is 0 Å². The number of ether oxygens (including phenoxy) is 2. The molecule has 3 aromatic carbocycles. The molecule has 0 radical (unpaired) electrons. The summed E-state index contributed by atoms with van der Waals surface area (Å²) in [5, 5.41) is 3.44. The van der Waals surface area contributed by atoms with Crippen LogP contribution in [0.25, 0.3) is 0 Å². The average Bonchev–Trinajstić information content (AvgIpc) is 2.73. The van der Waals surface area contributed by atoms with Gasteiger partial charge in [-0.1, -0.05) is 37.3 Å². The van der Waals surface area contributed by atoms with Gasteiger partial charge in [0.05, 0.1) is 10.2 Å². The number of halogens is 2. The molecule has 29 heavy (non-hydrogen) atoms. The summed E-state index contributed by atoms with van der Waals surface area (Å²) in [5.41, 5.74) is 4.01. The number of aryl methyl sites for hydroxylation is 1. The van der Waals surface area contributed by atoms with Gasteiger partial charge in [-0.2, -0.15) is 0 Å². The van der Waals surface area contributed by atoms with Crippen molar-refractivity contribution in [2.45, 2.75) is 33.4 Å². The Labute approximate surface area is 185 Å². The van der Waals surface area contributed by atoms with Gasteiger partial charge in [-0.3, -0.25) is 0 Å². The molecule has 0 aliphatic heterocycles. The second-order valence-corrected chi connectivity index (χ2v) is 7.78. The second-order valence-electron chi connectivity index (χ2n) is 6.62. The van der Waals surface area contributed by atoms with Crippen molar-refractivity contribution in [3.8, 4) is 11.5 Å². The van der Waals surface area contributed by atoms with Crippen LogP contribution in [-0.4, -0.2) is 6.61 Å². The van der Waals surface area contributed by atoms with Crippen molar-refractivity contribution < 1.29 is 13.9 Å². The maximum Gasteiger partial charge on any atom is 0.174 e. The van der Waals surface area contributed by atoms with Crippen molar-refractivity contribution in [2.24, 2.45) is 0 Å². The summed E-state index contributed by atoms with van der Waals surface area (Å²) in [4.78, 5) is 0. The van der Waals surface area contributed by atoms with E-state index in [2.05, 4.69) is 65.2 Å². The van der Waals surface area contributed by atoms with Gasteiger partial charge in [0, 0.05) is 17.8 Å². The van der Waals surface area contributed by atoms with E-state index in [1.165, 1.54) is 11.6 Å². The van der Waals surface area contributed by atoms with Gasteiger partial charge in [0.15, 0.2) is 11.5 Å². The highest BCUT2D eigenvalue weighted by Crippen LogP contribution is 2.35. The van der Waals surface area contributed by atoms with Crippen LogP contribution in [0.15, 0.2) is 60.7 Å². The van der Waals surface area contributed by atoms with Crippen molar-refractivity contribution in [3.05, 3.63) is 86.7 Å². The molecule has 152 valence electrons. The highest BCUT2D eigenvalue weighted by Gasteiger charge is 2.13. The molecule has 3 aromatic rings. The molecule has 0 unspecified atom stereocenters. The Morgan fingerprint density at radius 3 is 2.38 bits per heavy atom. The fraction of sp³-hybridized carbons (Fsp3) is 0.250. The zero-order valence-corrected chi connectivity index (χ0v) is 18.8. The SMILES string of the molecule is CCOc1cc(CNc2ccc(CC)cc2)cc(I)c1OCc1ccccc1F. The standard InChI is InChI=1S/C24H25FINO2/c1-3-17-9-11-20(12-10-17)27-15-18-13-22(26)24(23(14-18)28-4-2)29-16-19-7-5-6-8-21(19)25/h5-14,27H,3-4,15-16H2,1-2H3. The number of nitrogens with one attached hydrogen (secondary N) is 1. The van der Waals surface area contributed by atoms with Crippen LogP contribution in [0, 0.1) is 9.39 Å². The molecule has 0 saturated carbocycles. The third-order valence-electron chi connectivity index (χ3n) is 4.56. The van der Waals surface area contributed by atoms with Crippen molar-refractivity contribution in [1.29, 1.82) is 0 Å². The Bertz CT molecular complexity index is 944. The maximum absolute atomic E-state index is 13.9. The van der Waals surface area contributed by atoms with Gasteiger partial charge in [-0.05, 0) is 77.4 Å². The van der Waals surface area contributed by atoms with Crippen LogP contribution >= 0.6 is 22.6 Å². The van der Waals surface area contributed by atoms with Gasteiger partial charge in [0.2, 0.25) is 0 Å². The van der Waals surface area contributed by atoms with Gasteiger partial charge in [0.1, 0.15) is 12.4 Å². The molecule has 0 bridgehead atoms. The van der Waals surface area contributed by atoms with Crippen molar-refractivity contribution in [3.63, 3.8) is 0 Å². The van der Waals surface area contributed by atoms with E-state index >= 15 is 0 Å². The van der Waals surface area contributed by atoms with Crippen molar-refractivity contribution in [1.82, 2.24) is 0 Å². The Hall–Kier alpha value is -2.28. The van der Waals surface area contributed by atoms with Gasteiger partial charge >= 0.3 is 0 Å². The number of rotatable bonds is 9. The van der Waals surface area contributed by atoms with Crippen LogP contribution in [0.2, 0.25) is 0 Å². The second kappa shape index (κ2) is 10.5. The number of benzene rings is 3. The van der Waals surface area contributed by atoms with E-state index in [1.54, 1.807) is 18.2 Å². The largest absolute Gasteiger partial charge is 0.490 e. The lowest BCUT2D eigenvalue weighted by Gasteiger charge is -2.16. The molecule has 0 aliphatic rings. The van der Waals surface area contributed by atoms with E-state index in [-0.39, 0.29) is 12.4 Å². The molecule has 0 aromatic heterocycles. The molecular formula is C24H25FINO2. The Kier molecular flexibility index (Phi) is 7.75. The molecule has 3 nitrogen and oxygen atoms in total. The fourth-order valence-corrected chi connectivity index (χ4v) is 3.78. The summed E-state index contributed by atoms with van der Waals surface area (Å²) >= 11 is 2.24. The van der Waals surface area contributed by atoms with E-state index in [1.807, 2.05) is 13.0 Å². The fourth-order valence-electron chi connectivity index (χ4n) is 2.95. The molecule has 0 amide bonds. The first kappa shape index (κ1) is 21.4. The molecule has 0 spiro atoms. The summed E-state index contributed by atoms with van der Waals surface area (Å²) in [6.07, 6.45) is 1.03.